The smallest absolute Gasteiger partial charge is 0.411 e. The highest BCUT2D eigenvalue weighted by atomic mass is 35.5. The summed E-state index contributed by atoms with van der Waals surface area (Å²) >= 11 is 12.5. The summed E-state index contributed by atoms with van der Waals surface area (Å²) in [4.78, 5) is 25.5. The number of rotatable bonds is 15. The molecule has 4 nitrogen and oxygen atoms in total. The first-order valence-corrected chi connectivity index (χ1v) is 20.6. The Hall–Kier alpha value is -5.58. The highest BCUT2D eigenvalue weighted by molar-refractivity contribution is 6.30. The van der Waals surface area contributed by atoms with Crippen LogP contribution in [0, 0.1) is 0 Å². The van der Waals surface area contributed by atoms with E-state index in [9.17, 15) is 9.59 Å². The lowest BCUT2D eigenvalue weighted by Crippen LogP contribution is -2.54. The molecule has 0 aliphatic carbocycles. The number of hydrogen-bond donors (Lipinski definition) is 0. The zero-order valence-electron chi connectivity index (χ0n) is 34.1. The second-order valence-electron chi connectivity index (χ2n) is 15.1. The summed E-state index contributed by atoms with van der Waals surface area (Å²) in [5, 5.41) is 0.484. The van der Waals surface area contributed by atoms with Gasteiger partial charge in [-0.3, -0.25) is 9.59 Å². The Kier molecular flexibility index (Phi) is 13.4. The van der Waals surface area contributed by atoms with E-state index in [2.05, 4.69) is 0 Å². The normalized spacial score (nSPS) is 13.3. The van der Waals surface area contributed by atoms with Gasteiger partial charge in [-0.15, -0.1) is 11.6 Å². The van der Waals surface area contributed by atoms with Crippen LogP contribution >= 0.6 is 23.2 Å². The number of halogens is 8. The van der Waals surface area contributed by atoms with Crippen molar-refractivity contribution in [3.05, 3.63) is 195 Å². The Morgan fingerprint density at radius 2 is 0.790 bits per heavy atom. The fourth-order valence-electron chi connectivity index (χ4n) is 7.46. The van der Waals surface area contributed by atoms with Crippen molar-refractivity contribution in [2.45, 2.75) is 75.2 Å². The van der Waals surface area contributed by atoms with Crippen molar-refractivity contribution in [3.8, 4) is 17.2 Å². The van der Waals surface area contributed by atoms with Crippen molar-refractivity contribution in [2.75, 3.05) is 0 Å². The minimum absolute atomic E-state index is 0.0211. The summed E-state index contributed by atoms with van der Waals surface area (Å²) in [6.45, 7) is 7.45. The molecule has 6 aromatic rings. The quantitative estimate of drug-likeness (QED) is 0.0585. The summed E-state index contributed by atoms with van der Waals surface area (Å²) in [6, 6.07) is 33.4. The van der Waals surface area contributed by atoms with Gasteiger partial charge in [0.15, 0.2) is 11.6 Å². The van der Waals surface area contributed by atoms with Crippen LogP contribution in [0.3, 0.4) is 0 Å². The van der Waals surface area contributed by atoms with Crippen LogP contribution in [0.1, 0.15) is 101 Å². The number of ketones is 2. The summed E-state index contributed by atoms with van der Waals surface area (Å²) in [5.74, 6) is 0.0320. The van der Waals surface area contributed by atoms with Crippen LogP contribution < -0.4 is 9.47 Å². The summed E-state index contributed by atoms with van der Waals surface area (Å²) < 4.78 is 103. The van der Waals surface area contributed by atoms with E-state index in [0.717, 1.165) is 42.0 Å². The van der Waals surface area contributed by atoms with Gasteiger partial charge in [0.2, 0.25) is 5.41 Å². The van der Waals surface area contributed by atoms with Crippen molar-refractivity contribution >= 4 is 34.8 Å². The standard InChI is InChI=1S/C50H42Cl2F6O4/c1-5-46(4,52)36-16-8-32(9-17-36)44(59)34-12-26-41(27-13-34)61-42-30-22-39(23-31-42)48(49(53,54)55,50(56,57)58)38-20-18-37(19-21-38)47(6-2,7-3)62-43-28-14-35(15-29-43)45(60)33-10-24-40(51)25-11-33/h8-31H,5-7H2,1-4H3. The zero-order valence-corrected chi connectivity index (χ0v) is 35.6. The SMILES string of the molecule is CCC(C)(Cl)c1ccc(C(=O)c2ccc(Oc3ccc(C(c4ccc(C(CC)(CC)Oc5ccc(C(=O)c6ccc(Cl)cc6)cc5)cc4)(C(F)(F)F)C(F)(F)F)cc3)cc2)cc1. The number of carbonyl (C=O) groups excluding carboxylic acids is 2. The van der Waals surface area contributed by atoms with E-state index >= 15 is 26.3 Å². The van der Waals surface area contributed by atoms with Crippen LogP contribution in [0.4, 0.5) is 26.3 Å². The molecule has 0 N–H and O–H groups in total. The second-order valence-corrected chi connectivity index (χ2v) is 16.4. The first kappa shape index (κ1) is 45.9. The summed E-state index contributed by atoms with van der Waals surface area (Å²) in [5.41, 5.74) is -4.79. The molecule has 12 heteroatoms. The van der Waals surface area contributed by atoms with E-state index in [1.54, 1.807) is 86.6 Å². The van der Waals surface area contributed by atoms with Crippen molar-refractivity contribution in [1.29, 1.82) is 0 Å². The van der Waals surface area contributed by atoms with Gasteiger partial charge in [-0.25, -0.2) is 0 Å². The fraction of sp³-hybridized carbons (Fsp3) is 0.240. The molecular weight excluding hydrogens is 849 g/mol. The Labute approximate surface area is 366 Å². The van der Waals surface area contributed by atoms with Gasteiger partial charge in [-0.05, 0) is 133 Å². The number of hydrogen-bond acceptors (Lipinski definition) is 4. The van der Waals surface area contributed by atoms with Gasteiger partial charge >= 0.3 is 12.4 Å². The molecule has 62 heavy (non-hydrogen) atoms. The average Bonchev–Trinajstić information content (AvgIpc) is 3.26. The third-order valence-electron chi connectivity index (χ3n) is 11.4. The molecule has 0 aromatic heterocycles. The molecule has 0 aliphatic rings. The molecule has 0 radical (unpaired) electrons. The number of alkyl halides is 7. The predicted molar refractivity (Wildman–Crippen MR) is 230 cm³/mol. The number of benzene rings is 6. The Bertz CT molecular complexity index is 2460. The summed E-state index contributed by atoms with van der Waals surface area (Å²) in [7, 11) is 0. The van der Waals surface area contributed by atoms with Gasteiger partial charge in [0.1, 0.15) is 22.8 Å². The minimum Gasteiger partial charge on any atom is -0.483 e. The first-order chi connectivity index (χ1) is 29.3. The minimum atomic E-state index is -5.81. The lowest BCUT2D eigenvalue weighted by molar-refractivity contribution is -0.288. The molecule has 322 valence electrons. The highest BCUT2D eigenvalue weighted by Gasteiger charge is 2.72. The highest BCUT2D eigenvalue weighted by Crippen LogP contribution is 2.56. The Morgan fingerprint density at radius 1 is 0.468 bits per heavy atom. The Morgan fingerprint density at radius 3 is 1.18 bits per heavy atom. The van der Waals surface area contributed by atoms with Gasteiger partial charge in [0.25, 0.3) is 0 Å². The van der Waals surface area contributed by atoms with Crippen LogP contribution in [0.5, 0.6) is 17.2 Å². The van der Waals surface area contributed by atoms with E-state index in [1.807, 2.05) is 13.8 Å². The molecule has 6 rings (SSSR count). The van der Waals surface area contributed by atoms with Gasteiger partial charge in [0, 0.05) is 27.3 Å². The van der Waals surface area contributed by atoms with Crippen molar-refractivity contribution in [3.63, 3.8) is 0 Å². The molecule has 0 saturated heterocycles. The molecule has 0 saturated carbocycles. The van der Waals surface area contributed by atoms with E-state index in [1.165, 1.54) is 36.4 Å². The average molecular weight is 892 g/mol. The zero-order chi connectivity index (χ0) is 45.1. The lowest BCUT2D eigenvalue weighted by Gasteiger charge is -2.39. The molecule has 1 atom stereocenters. The molecule has 0 amide bonds. The topological polar surface area (TPSA) is 52.6 Å². The van der Waals surface area contributed by atoms with Crippen molar-refractivity contribution in [2.24, 2.45) is 0 Å². The molecular formula is C50H42Cl2F6O4. The first-order valence-electron chi connectivity index (χ1n) is 19.8. The van der Waals surface area contributed by atoms with Gasteiger partial charge in [0.05, 0.1) is 4.87 Å². The number of carbonyl (C=O) groups is 2. The van der Waals surface area contributed by atoms with Gasteiger partial charge in [-0.1, -0.05) is 93.0 Å². The van der Waals surface area contributed by atoms with Crippen molar-refractivity contribution < 1.29 is 45.4 Å². The third-order valence-corrected chi connectivity index (χ3v) is 12.2. The number of ether oxygens (including phenoxy) is 2. The molecule has 0 heterocycles. The van der Waals surface area contributed by atoms with E-state index < -0.39 is 39.4 Å². The molecule has 0 bridgehead atoms. The molecule has 0 aliphatic heterocycles. The Balaban J connectivity index is 1.23. The van der Waals surface area contributed by atoms with Crippen LogP contribution in [0.15, 0.2) is 146 Å². The monoisotopic (exact) mass is 890 g/mol. The maximum atomic E-state index is 15.1. The predicted octanol–water partition coefficient (Wildman–Crippen LogP) is 15.0. The second kappa shape index (κ2) is 18.0. The third kappa shape index (κ3) is 9.13. The maximum Gasteiger partial charge on any atom is 0.411 e. The summed E-state index contributed by atoms with van der Waals surface area (Å²) in [6.07, 6.45) is -10.3. The molecule has 1 unspecified atom stereocenters. The van der Waals surface area contributed by atoms with E-state index in [-0.39, 0.29) is 23.1 Å². The maximum absolute atomic E-state index is 15.1. The molecule has 0 spiro atoms. The van der Waals surface area contributed by atoms with Gasteiger partial charge in [-0.2, -0.15) is 26.3 Å². The van der Waals surface area contributed by atoms with Crippen LogP contribution in [-0.2, 0) is 15.9 Å². The molecule has 6 aromatic carbocycles. The van der Waals surface area contributed by atoms with Gasteiger partial charge < -0.3 is 9.47 Å². The van der Waals surface area contributed by atoms with Crippen molar-refractivity contribution in [1.82, 2.24) is 0 Å². The largest absolute Gasteiger partial charge is 0.483 e. The molecule has 0 fully saturated rings. The van der Waals surface area contributed by atoms with Crippen LogP contribution in [-0.4, -0.2) is 23.9 Å². The lowest BCUT2D eigenvalue weighted by atomic mass is 9.72. The van der Waals surface area contributed by atoms with E-state index in [0.29, 0.717) is 57.9 Å². The fourth-order valence-corrected chi connectivity index (χ4v) is 7.71. The van der Waals surface area contributed by atoms with Crippen LogP contribution in [0.25, 0.3) is 0 Å². The van der Waals surface area contributed by atoms with Crippen LogP contribution in [0.2, 0.25) is 5.02 Å². The van der Waals surface area contributed by atoms with E-state index in [4.69, 9.17) is 32.7 Å².